The van der Waals surface area contributed by atoms with Crippen LogP contribution in [0.4, 0.5) is 4.79 Å². The molecule has 1 aliphatic heterocycles. The van der Waals surface area contributed by atoms with Crippen molar-refractivity contribution < 1.29 is 28.5 Å². The number of nitrogens with one attached hydrogen (secondary N) is 1. The number of carbonyl (C=O) groups is 2. The summed E-state index contributed by atoms with van der Waals surface area (Å²) in [5.41, 5.74) is 0.337. The van der Waals surface area contributed by atoms with Crippen molar-refractivity contribution in [3.05, 3.63) is 35.9 Å². The van der Waals surface area contributed by atoms with E-state index >= 15 is 0 Å². The number of alkyl carbamates (subject to hydrolysis) is 1. The van der Waals surface area contributed by atoms with Gasteiger partial charge >= 0.3 is 12.1 Å². The minimum Gasteiger partial charge on any atom is -0.493 e. The fourth-order valence-corrected chi connectivity index (χ4v) is 4.55. The number of hydrogen-bond acceptors (Lipinski definition) is 7. The molecule has 0 saturated carbocycles. The van der Waals surface area contributed by atoms with Crippen molar-refractivity contribution in [2.24, 2.45) is 0 Å². The van der Waals surface area contributed by atoms with E-state index in [-0.39, 0.29) is 24.1 Å². The number of fused-ring (bicyclic) bond motifs is 1. The van der Waals surface area contributed by atoms with Crippen molar-refractivity contribution in [1.82, 2.24) is 10.2 Å². The summed E-state index contributed by atoms with van der Waals surface area (Å²) in [6.07, 6.45) is 4.74. The molecule has 0 bridgehead atoms. The van der Waals surface area contributed by atoms with Gasteiger partial charge in [-0.05, 0) is 64.6 Å². The first-order valence-corrected chi connectivity index (χ1v) is 10.9. The van der Waals surface area contributed by atoms with Gasteiger partial charge in [0.05, 0.1) is 14.2 Å². The summed E-state index contributed by atoms with van der Waals surface area (Å²) < 4.78 is 21.7. The van der Waals surface area contributed by atoms with Crippen LogP contribution in [0.3, 0.4) is 0 Å². The highest BCUT2D eigenvalue weighted by Crippen LogP contribution is 2.47. The Hall–Kier alpha value is -2.74. The largest absolute Gasteiger partial charge is 0.493 e. The van der Waals surface area contributed by atoms with Crippen LogP contribution in [0.15, 0.2) is 30.4 Å². The molecule has 1 N–H and O–H groups in total. The second-order valence-corrected chi connectivity index (χ2v) is 9.34. The minimum absolute atomic E-state index is 0.169. The number of rotatable bonds is 6. The van der Waals surface area contributed by atoms with Crippen molar-refractivity contribution in [2.75, 3.05) is 34.4 Å². The molecule has 1 aromatic rings. The van der Waals surface area contributed by atoms with Crippen LogP contribution < -0.4 is 14.8 Å². The standard InChI is InChI=1S/C24H34N2O6/c1-23(2,3)32-22(28)25-15-21(27)31-17-9-10-24(11-12-26(4)20(24)14-17)16-7-8-18(29-5)19(13-16)30-6/h7-10,13,17,20H,11-12,14-15H2,1-6H3,(H,25,28)/t17-,20+,24+/m1/s1. The maximum atomic E-state index is 12.3. The Morgan fingerprint density at radius 3 is 2.56 bits per heavy atom. The lowest BCUT2D eigenvalue weighted by atomic mass is 9.69. The lowest BCUT2D eigenvalue weighted by molar-refractivity contribution is -0.146. The number of likely N-dealkylation sites (N-methyl/N-ethyl adjacent to an activating group) is 1. The van der Waals surface area contributed by atoms with Crippen molar-refractivity contribution in [3.8, 4) is 11.5 Å². The number of carbonyl (C=O) groups excluding carboxylic acids is 2. The highest BCUT2D eigenvalue weighted by atomic mass is 16.6. The van der Waals surface area contributed by atoms with E-state index in [9.17, 15) is 9.59 Å². The number of amides is 1. The molecule has 8 nitrogen and oxygen atoms in total. The highest BCUT2D eigenvalue weighted by Gasteiger charge is 2.48. The number of likely N-dealkylation sites (tertiary alicyclic amines) is 1. The molecule has 3 rings (SSSR count). The third-order valence-corrected chi connectivity index (χ3v) is 6.05. The maximum absolute atomic E-state index is 12.3. The first-order valence-electron chi connectivity index (χ1n) is 10.9. The summed E-state index contributed by atoms with van der Waals surface area (Å²) in [6, 6.07) is 6.21. The summed E-state index contributed by atoms with van der Waals surface area (Å²) in [4.78, 5) is 26.4. The number of methoxy groups -OCH3 is 2. The van der Waals surface area contributed by atoms with Gasteiger partial charge in [0.1, 0.15) is 18.2 Å². The number of ether oxygens (including phenoxy) is 4. The van der Waals surface area contributed by atoms with E-state index in [0.29, 0.717) is 17.9 Å². The topological polar surface area (TPSA) is 86.3 Å². The third kappa shape index (κ3) is 5.18. The van der Waals surface area contributed by atoms with Gasteiger partial charge in [-0.1, -0.05) is 12.1 Å². The Balaban J connectivity index is 1.70. The van der Waals surface area contributed by atoms with Crippen LogP contribution in [-0.2, 0) is 19.7 Å². The Labute approximate surface area is 189 Å². The molecular formula is C24H34N2O6. The van der Waals surface area contributed by atoms with Crippen LogP contribution in [-0.4, -0.2) is 69.1 Å². The normalized spacial score (nSPS) is 25.1. The Morgan fingerprint density at radius 1 is 1.19 bits per heavy atom. The van der Waals surface area contributed by atoms with Crippen molar-refractivity contribution >= 4 is 12.1 Å². The highest BCUT2D eigenvalue weighted by molar-refractivity contribution is 5.78. The predicted octanol–water partition coefficient (Wildman–Crippen LogP) is 3.04. The van der Waals surface area contributed by atoms with Crippen molar-refractivity contribution in [3.63, 3.8) is 0 Å². The Morgan fingerprint density at radius 2 is 1.91 bits per heavy atom. The summed E-state index contributed by atoms with van der Waals surface area (Å²) >= 11 is 0. The monoisotopic (exact) mass is 446 g/mol. The Bertz CT molecular complexity index is 878. The van der Waals surface area contributed by atoms with Gasteiger partial charge in [-0.15, -0.1) is 0 Å². The predicted molar refractivity (Wildman–Crippen MR) is 120 cm³/mol. The molecule has 0 aromatic heterocycles. The SMILES string of the molecule is COc1ccc([C@@]23C=C[C@@H](OC(=O)CNC(=O)OC(C)(C)C)C[C@@H]2N(C)CC3)cc1OC. The fourth-order valence-electron chi connectivity index (χ4n) is 4.55. The molecule has 1 heterocycles. The van der Waals surface area contributed by atoms with Gasteiger partial charge in [0.15, 0.2) is 11.5 Å². The van der Waals surface area contributed by atoms with E-state index in [2.05, 4.69) is 29.4 Å². The van der Waals surface area contributed by atoms with Crippen LogP contribution in [0.25, 0.3) is 0 Å². The Kier molecular flexibility index (Phi) is 7.03. The van der Waals surface area contributed by atoms with Gasteiger partial charge in [0.2, 0.25) is 0 Å². The molecule has 176 valence electrons. The smallest absolute Gasteiger partial charge is 0.408 e. The molecule has 32 heavy (non-hydrogen) atoms. The molecule has 0 radical (unpaired) electrons. The molecule has 0 spiro atoms. The van der Waals surface area contributed by atoms with E-state index in [1.54, 1.807) is 35.0 Å². The first-order chi connectivity index (χ1) is 15.1. The second-order valence-electron chi connectivity index (χ2n) is 9.34. The molecule has 1 amide bonds. The number of esters is 1. The van der Waals surface area contributed by atoms with E-state index in [1.165, 1.54) is 0 Å². The molecule has 3 atom stereocenters. The lowest BCUT2D eigenvalue weighted by Gasteiger charge is -2.40. The average Bonchev–Trinajstić information content (AvgIpc) is 3.08. The molecule has 1 aliphatic carbocycles. The van der Waals surface area contributed by atoms with Gasteiger partial charge in [-0.2, -0.15) is 0 Å². The molecule has 1 fully saturated rings. The molecular weight excluding hydrogens is 412 g/mol. The van der Waals surface area contributed by atoms with Gasteiger partial charge in [0, 0.05) is 17.9 Å². The summed E-state index contributed by atoms with van der Waals surface area (Å²) in [6.45, 7) is 5.99. The zero-order valence-corrected chi connectivity index (χ0v) is 19.8. The molecule has 1 aromatic carbocycles. The van der Waals surface area contributed by atoms with E-state index < -0.39 is 17.7 Å². The molecule has 1 saturated heterocycles. The van der Waals surface area contributed by atoms with Crippen LogP contribution in [0.1, 0.15) is 39.2 Å². The number of nitrogens with zero attached hydrogens (tertiary/aromatic N) is 1. The fraction of sp³-hybridized carbons (Fsp3) is 0.583. The van der Waals surface area contributed by atoms with Crippen molar-refractivity contribution in [1.29, 1.82) is 0 Å². The average molecular weight is 447 g/mol. The number of hydrogen-bond donors (Lipinski definition) is 1. The van der Waals surface area contributed by atoms with Crippen molar-refractivity contribution in [2.45, 2.75) is 56.8 Å². The second kappa shape index (κ2) is 9.40. The third-order valence-electron chi connectivity index (χ3n) is 6.05. The number of benzene rings is 1. The molecule has 0 unspecified atom stereocenters. The van der Waals surface area contributed by atoms with Crippen LogP contribution in [0, 0.1) is 0 Å². The molecule has 8 heteroatoms. The van der Waals surface area contributed by atoms with Gasteiger partial charge in [-0.25, -0.2) is 4.79 Å². The van der Waals surface area contributed by atoms with E-state index in [1.807, 2.05) is 18.2 Å². The quantitative estimate of drug-likeness (QED) is 0.531. The summed E-state index contributed by atoms with van der Waals surface area (Å²) in [5, 5.41) is 2.44. The lowest BCUT2D eigenvalue weighted by Crippen LogP contribution is -2.46. The maximum Gasteiger partial charge on any atom is 0.408 e. The zero-order valence-electron chi connectivity index (χ0n) is 19.8. The van der Waals surface area contributed by atoms with Crippen LogP contribution >= 0.6 is 0 Å². The molecule has 2 aliphatic rings. The zero-order chi connectivity index (χ0) is 23.5. The van der Waals surface area contributed by atoms with Gasteiger partial charge in [-0.3, -0.25) is 4.79 Å². The van der Waals surface area contributed by atoms with Gasteiger partial charge in [0.25, 0.3) is 0 Å². The van der Waals surface area contributed by atoms with E-state index in [4.69, 9.17) is 18.9 Å². The van der Waals surface area contributed by atoms with Crippen LogP contribution in [0.5, 0.6) is 11.5 Å². The van der Waals surface area contributed by atoms with E-state index in [0.717, 1.165) is 18.5 Å². The van der Waals surface area contributed by atoms with Gasteiger partial charge < -0.3 is 29.2 Å². The first kappa shape index (κ1) is 23.9. The minimum atomic E-state index is -0.642. The summed E-state index contributed by atoms with van der Waals surface area (Å²) in [5.74, 6) is 0.896. The van der Waals surface area contributed by atoms with Crippen LogP contribution in [0.2, 0.25) is 0 Å². The summed E-state index contributed by atoms with van der Waals surface area (Å²) in [7, 11) is 5.35.